The number of Topliss-reactive ketones (excluding diaryl/α,β-unsaturated/α-hetero) is 1. The first-order valence-corrected chi connectivity index (χ1v) is 14.9. The van der Waals surface area contributed by atoms with E-state index in [2.05, 4.69) is 6.92 Å². The molecule has 2 aromatic carbocycles. The van der Waals surface area contributed by atoms with Gasteiger partial charge in [-0.3, -0.25) is 14.2 Å². The normalized spacial score (nSPS) is 15.0. The molecule has 0 saturated heterocycles. The summed E-state index contributed by atoms with van der Waals surface area (Å²) in [6.45, 7) is 5.95. The molecule has 5 aromatic rings. The van der Waals surface area contributed by atoms with Gasteiger partial charge in [-0.25, -0.2) is 9.37 Å². The Bertz CT molecular complexity index is 1790. The Morgan fingerprint density at radius 3 is 2.62 bits per heavy atom. The molecule has 0 saturated carbocycles. The molecule has 3 aromatic heterocycles. The first kappa shape index (κ1) is 25.8. The van der Waals surface area contributed by atoms with Crippen molar-refractivity contribution in [2.24, 2.45) is 5.92 Å². The standard InChI is InChI=1S/C31H28FN3O2S2/c1-18-13-14-22-27(15-18)39-29-28(22)30(37)35(21-9-5-4-6-10-21)31(33-29)38-17-26(36)23-16-19(2)34(20(23)3)25-12-8-7-11-24(25)32/h4-12,16,18H,13-15,17H2,1-3H3/t18-/m0/s1. The van der Waals surface area contributed by atoms with E-state index in [1.54, 1.807) is 44.7 Å². The van der Waals surface area contributed by atoms with Crippen molar-refractivity contribution in [1.29, 1.82) is 0 Å². The van der Waals surface area contributed by atoms with Gasteiger partial charge in [0.05, 0.1) is 22.5 Å². The number of thiophene rings is 1. The lowest BCUT2D eigenvalue weighted by molar-refractivity contribution is 0.102. The van der Waals surface area contributed by atoms with Gasteiger partial charge in [-0.2, -0.15) is 0 Å². The first-order valence-electron chi connectivity index (χ1n) is 13.1. The summed E-state index contributed by atoms with van der Waals surface area (Å²) in [5, 5.41) is 1.22. The van der Waals surface area contributed by atoms with Gasteiger partial charge < -0.3 is 4.57 Å². The van der Waals surface area contributed by atoms with E-state index in [1.165, 1.54) is 22.7 Å². The Kier molecular flexibility index (Phi) is 6.77. The van der Waals surface area contributed by atoms with E-state index in [4.69, 9.17) is 4.98 Å². The smallest absolute Gasteiger partial charge is 0.267 e. The number of halogens is 1. The third-order valence-corrected chi connectivity index (χ3v) is 9.56. The average Bonchev–Trinajstić information content (AvgIpc) is 3.44. The highest BCUT2D eigenvalue weighted by Gasteiger charge is 2.26. The maximum absolute atomic E-state index is 14.5. The Morgan fingerprint density at radius 2 is 1.85 bits per heavy atom. The minimum absolute atomic E-state index is 0.0778. The van der Waals surface area contributed by atoms with Crippen LogP contribution in [-0.4, -0.2) is 25.7 Å². The molecule has 0 N–H and O–H groups in total. The number of thioether (sulfide) groups is 1. The van der Waals surface area contributed by atoms with Crippen LogP contribution in [0.1, 0.15) is 45.5 Å². The van der Waals surface area contributed by atoms with Crippen molar-refractivity contribution < 1.29 is 9.18 Å². The van der Waals surface area contributed by atoms with Crippen molar-refractivity contribution in [3.63, 3.8) is 0 Å². The van der Waals surface area contributed by atoms with Crippen LogP contribution < -0.4 is 5.56 Å². The molecule has 6 rings (SSSR count). The third-order valence-electron chi connectivity index (χ3n) is 7.47. The van der Waals surface area contributed by atoms with Crippen molar-refractivity contribution in [1.82, 2.24) is 14.1 Å². The molecule has 198 valence electrons. The van der Waals surface area contributed by atoms with Crippen LogP contribution in [-0.2, 0) is 12.8 Å². The number of carbonyl (C=O) groups excluding carboxylic acids is 1. The van der Waals surface area contributed by atoms with Crippen LogP contribution in [0.4, 0.5) is 4.39 Å². The number of benzene rings is 2. The van der Waals surface area contributed by atoms with Crippen LogP contribution in [0.2, 0.25) is 0 Å². The van der Waals surface area contributed by atoms with E-state index < -0.39 is 0 Å². The zero-order valence-corrected chi connectivity index (χ0v) is 23.7. The van der Waals surface area contributed by atoms with E-state index in [0.29, 0.717) is 28.0 Å². The van der Waals surface area contributed by atoms with Gasteiger partial charge in [0.15, 0.2) is 10.9 Å². The number of aryl methyl sites for hydroxylation is 2. The van der Waals surface area contributed by atoms with E-state index in [0.717, 1.165) is 46.4 Å². The highest BCUT2D eigenvalue weighted by atomic mass is 32.2. The molecule has 0 bridgehead atoms. The lowest BCUT2D eigenvalue weighted by atomic mass is 9.89. The Balaban J connectivity index is 1.38. The number of hydrogen-bond acceptors (Lipinski definition) is 5. The van der Waals surface area contributed by atoms with Crippen LogP contribution >= 0.6 is 23.1 Å². The summed E-state index contributed by atoms with van der Waals surface area (Å²) in [6.07, 6.45) is 2.93. The van der Waals surface area contributed by atoms with Crippen molar-refractivity contribution >= 4 is 39.1 Å². The summed E-state index contributed by atoms with van der Waals surface area (Å²) in [4.78, 5) is 34.4. The van der Waals surface area contributed by atoms with Crippen LogP contribution in [0.3, 0.4) is 0 Å². The molecular weight excluding hydrogens is 529 g/mol. The molecular formula is C31H28FN3O2S2. The molecule has 39 heavy (non-hydrogen) atoms. The number of ketones is 1. The van der Waals surface area contributed by atoms with Crippen LogP contribution in [0.5, 0.6) is 0 Å². The summed E-state index contributed by atoms with van der Waals surface area (Å²) < 4.78 is 18.0. The summed E-state index contributed by atoms with van der Waals surface area (Å²) in [5.41, 5.74) is 4.22. The maximum atomic E-state index is 14.5. The van der Waals surface area contributed by atoms with Gasteiger partial charge in [-0.1, -0.05) is 49.0 Å². The number of rotatable bonds is 6. The summed E-state index contributed by atoms with van der Waals surface area (Å²) in [5.74, 6) is 0.264. The molecule has 0 aliphatic heterocycles. The molecule has 3 heterocycles. The van der Waals surface area contributed by atoms with Gasteiger partial charge in [0.25, 0.3) is 5.56 Å². The molecule has 0 fully saturated rings. The fourth-order valence-corrected chi connectivity index (χ4v) is 7.85. The topological polar surface area (TPSA) is 56.9 Å². The minimum atomic E-state index is -0.343. The number of hydrogen-bond donors (Lipinski definition) is 0. The quantitative estimate of drug-likeness (QED) is 0.127. The predicted molar refractivity (Wildman–Crippen MR) is 157 cm³/mol. The molecule has 8 heteroatoms. The molecule has 0 amide bonds. The zero-order chi connectivity index (χ0) is 27.3. The number of carbonyl (C=O) groups is 1. The van der Waals surface area contributed by atoms with Gasteiger partial charge in [0.1, 0.15) is 10.6 Å². The van der Waals surface area contributed by atoms with E-state index in [1.807, 2.05) is 44.2 Å². The molecule has 1 aliphatic rings. The average molecular weight is 558 g/mol. The molecule has 1 atom stereocenters. The van der Waals surface area contributed by atoms with Crippen molar-refractivity contribution in [3.8, 4) is 11.4 Å². The monoisotopic (exact) mass is 557 g/mol. The lowest BCUT2D eigenvalue weighted by Crippen LogP contribution is -2.23. The molecule has 0 unspecified atom stereocenters. The van der Waals surface area contributed by atoms with Crippen molar-refractivity contribution in [2.45, 2.75) is 45.2 Å². The van der Waals surface area contributed by atoms with Gasteiger partial charge >= 0.3 is 0 Å². The van der Waals surface area contributed by atoms with Gasteiger partial charge in [0, 0.05) is 21.8 Å². The van der Waals surface area contributed by atoms with Crippen molar-refractivity contribution in [2.75, 3.05) is 5.75 Å². The number of fused-ring (bicyclic) bond motifs is 3. The summed E-state index contributed by atoms with van der Waals surface area (Å²) in [7, 11) is 0. The predicted octanol–water partition coefficient (Wildman–Crippen LogP) is 7.09. The second kappa shape index (κ2) is 10.2. The number of nitrogens with zero attached hydrogens (tertiary/aromatic N) is 3. The highest BCUT2D eigenvalue weighted by Crippen LogP contribution is 2.37. The third kappa shape index (κ3) is 4.55. The molecule has 0 spiro atoms. The largest absolute Gasteiger partial charge is 0.315 e. The van der Waals surface area contributed by atoms with Crippen LogP contribution in [0.25, 0.3) is 21.6 Å². The highest BCUT2D eigenvalue weighted by molar-refractivity contribution is 7.99. The Morgan fingerprint density at radius 1 is 1.10 bits per heavy atom. The zero-order valence-electron chi connectivity index (χ0n) is 22.0. The van der Waals surface area contributed by atoms with Gasteiger partial charge in [-0.15, -0.1) is 11.3 Å². The second-order valence-corrected chi connectivity index (χ2v) is 12.2. The van der Waals surface area contributed by atoms with E-state index >= 15 is 0 Å². The SMILES string of the molecule is Cc1cc(C(=O)CSc2nc3sc4c(c3c(=O)n2-c2ccccc2)CC[C@H](C)C4)c(C)n1-c1ccccc1F. The first-order chi connectivity index (χ1) is 18.8. The van der Waals surface area contributed by atoms with Crippen LogP contribution in [0.15, 0.2) is 70.6 Å². The van der Waals surface area contributed by atoms with Gasteiger partial charge in [-0.05, 0) is 74.9 Å². The summed E-state index contributed by atoms with van der Waals surface area (Å²) >= 11 is 2.88. The molecule has 1 aliphatic carbocycles. The maximum Gasteiger partial charge on any atom is 0.267 e. The fraction of sp³-hybridized carbons (Fsp3) is 0.258. The molecule has 5 nitrogen and oxygen atoms in total. The number of aromatic nitrogens is 3. The van der Waals surface area contributed by atoms with Gasteiger partial charge in [0.2, 0.25) is 0 Å². The minimum Gasteiger partial charge on any atom is -0.315 e. The second-order valence-electron chi connectivity index (χ2n) is 10.2. The Labute approximate surface area is 234 Å². The van der Waals surface area contributed by atoms with E-state index in [9.17, 15) is 14.0 Å². The summed E-state index contributed by atoms with van der Waals surface area (Å²) in [6, 6.07) is 17.8. The Hall–Kier alpha value is -3.49. The van der Waals surface area contributed by atoms with Crippen molar-refractivity contribution in [3.05, 3.63) is 104 Å². The number of para-hydroxylation sites is 2. The molecule has 0 radical (unpaired) electrons. The fourth-order valence-electron chi connectivity index (χ4n) is 5.53. The lowest BCUT2D eigenvalue weighted by Gasteiger charge is -2.17. The van der Waals surface area contributed by atoms with E-state index in [-0.39, 0.29) is 22.9 Å². The van der Waals surface area contributed by atoms with Crippen LogP contribution in [0, 0.1) is 25.6 Å².